The summed E-state index contributed by atoms with van der Waals surface area (Å²) < 4.78 is 0. The van der Waals surface area contributed by atoms with Crippen molar-refractivity contribution < 1.29 is 0 Å². The number of pyridine rings is 2. The van der Waals surface area contributed by atoms with Crippen LogP contribution in [0.4, 0.5) is 0 Å². The monoisotopic (exact) mass is 357 g/mol. The predicted molar refractivity (Wildman–Crippen MR) is 110 cm³/mol. The second-order valence-electron chi connectivity index (χ2n) is 7.60. The first-order valence-electron chi connectivity index (χ1n) is 9.90. The third-order valence-corrected chi connectivity index (χ3v) is 5.32. The first-order chi connectivity index (χ1) is 13.3. The fourth-order valence-electron chi connectivity index (χ4n) is 4.07. The normalized spacial score (nSPS) is 17.7. The number of hydrogen-bond donors (Lipinski definition) is 0. The molecule has 1 fully saturated rings. The van der Waals surface area contributed by atoms with Crippen LogP contribution in [-0.4, -0.2) is 28.0 Å². The Hall–Kier alpha value is -2.52. The van der Waals surface area contributed by atoms with Crippen LogP contribution in [0.2, 0.25) is 0 Å². The van der Waals surface area contributed by atoms with Crippen molar-refractivity contribution >= 4 is 0 Å². The van der Waals surface area contributed by atoms with Crippen molar-refractivity contribution in [1.82, 2.24) is 14.9 Å². The quantitative estimate of drug-likeness (QED) is 0.659. The molecule has 0 unspecified atom stereocenters. The molecule has 0 N–H and O–H groups in total. The van der Waals surface area contributed by atoms with E-state index in [1.807, 2.05) is 12.3 Å². The minimum Gasteiger partial charge on any atom is -0.297 e. The first kappa shape index (κ1) is 17.9. The molecule has 0 aliphatic carbocycles. The van der Waals surface area contributed by atoms with Crippen molar-refractivity contribution in [2.45, 2.75) is 38.6 Å². The van der Waals surface area contributed by atoms with Gasteiger partial charge in [0.25, 0.3) is 0 Å². The molecule has 3 heterocycles. The van der Waals surface area contributed by atoms with Gasteiger partial charge in [0.05, 0.1) is 5.69 Å². The molecule has 1 atom stereocenters. The van der Waals surface area contributed by atoms with Crippen LogP contribution < -0.4 is 0 Å². The summed E-state index contributed by atoms with van der Waals surface area (Å²) >= 11 is 0. The van der Waals surface area contributed by atoms with Gasteiger partial charge in [-0.3, -0.25) is 14.9 Å². The van der Waals surface area contributed by atoms with E-state index in [1.165, 1.54) is 29.7 Å². The van der Waals surface area contributed by atoms with E-state index in [0.29, 0.717) is 5.92 Å². The Labute approximate surface area is 162 Å². The van der Waals surface area contributed by atoms with Crippen LogP contribution in [0.15, 0.2) is 66.9 Å². The number of aryl methyl sites for hydroxylation is 1. The van der Waals surface area contributed by atoms with Crippen molar-refractivity contribution in [3.8, 4) is 0 Å². The van der Waals surface area contributed by atoms with Gasteiger partial charge >= 0.3 is 0 Å². The number of likely N-dealkylation sites (tertiary alicyclic amines) is 1. The maximum Gasteiger partial charge on any atom is 0.0543 e. The molecule has 0 saturated carbocycles. The summed E-state index contributed by atoms with van der Waals surface area (Å²) in [5.74, 6) is 0.511. The number of piperidine rings is 1. The van der Waals surface area contributed by atoms with Crippen LogP contribution in [-0.2, 0) is 13.0 Å². The van der Waals surface area contributed by atoms with Gasteiger partial charge in [0.1, 0.15) is 0 Å². The third kappa shape index (κ3) is 4.81. The van der Waals surface area contributed by atoms with Crippen molar-refractivity contribution in [1.29, 1.82) is 0 Å². The van der Waals surface area contributed by atoms with Gasteiger partial charge in [-0.25, -0.2) is 0 Å². The molecule has 2 aromatic heterocycles. The highest BCUT2D eigenvalue weighted by Gasteiger charge is 2.23. The van der Waals surface area contributed by atoms with Gasteiger partial charge in [-0.2, -0.15) is 0 Å². The molecule has 1 aromatic carbocycles. The summed E-state index contributed by atoms with van der Waals surface area (Å²) in [4.78, 5) is 11.9. The van der Waals surface area contributed by atoms with E-state index in [-0.39, 0.29) is 0 Å². The maximum atomic E-state index is 4.90. The second kappa shape index (κ2) is 8.45. The molecule has 1 aliphatic rings. The van der Waals surface area contributed by atoms with Gasteiger partial charge < -0.3 is 0 Å². The van der Waals surface area contributed by atoms with Gasteiger partial charge in [-0.05, 0) is 68.1 Å². The van der Waals surface area contributed by atoms with Crippen molar-refractivity contribution in [2.75, 3.05) is 13.1 Å². The van der Waals surface area contributed by atoms with Gasteiger partial charge in [0, 0.05) is 36.6 Å². The molecule has 0 radical (unpaired) electrons. The summed E-state index contributed by atoms with van der Waals surface area (Å²) in [6, 6.07) is 21.4. The summed E-state index contributed by atoms with van der Waals surface area (Å²) in [7, 11) is 0. The zero-order valence-electron chi connectivity index (χ0n) is 16.0. The lowest BCUT2D eigenvalue weighted by Crippen LogP contribution is -2.34. The zero-order chi connectivity index (χ0) is 18.5. The highest BCUT2D eigenvalue weighted by molar-refractivity contribution is 5.30. The predicted octanol–water partition coefficient (Wildman–Crippen LogP) is 4.76. The van der Waals surface area contributed by atoms with Crippen LogP contribution in [0.3, 0.4) is 0 Å². The zero-order valence-corrected chi connectivity index (χ0v) is 16.0. The van der Waals surface area contributed by atoms with Gasteiger partial charge in [0.15, 0.2) is 0 Å². The first-order valence-corrected chi connectivity index (χ1v) is 9.90. The van der Waals surface area contributed by atoms with Gasteiger partial charge in [-0.1, -0.05) is 36.4 Å². The van der Waals surface area contributed by atoms with E-state index >= 15 is 0 Å². The number of benzene rings is 1. The number of rotatable bonds is 5. The summed E-state index contributed by atoms with van der Waals surface area (Å²) in [6.45, 7) is 5.26. The van der Waals surface area contributed by atoms with Crippen LogP contribution >= 0.6 is 0 Å². The van der Waals surface area contributed by atoms with E-state index in [2.05, 4.69) is 71.4 Å². The van der Waals surface area contributed by atoms with E-state index < -0.39 is 0 Å². The fourth-order valence-corrected chi connectivity index (χ4v) is 4.07. The number of hydrogen-bond acceptors (Lipinski definition) is 3. The Morgan fingerprint density at radius 1 is 1.00 bits per heavy atom. The molecule has 1 saturated heterocycles. The minimum absolute atomic E-state index is 0.511. The molecule has 3 nitrogen and oxygen atoms in total. The average molecular weight is 358 g/mol. The Bertz CT molecular complexity index is 861. The van der Waals surface area contributed by atoms with Gasteiger partial charge in [0.2, 0.25) is 0 Å². The summed E-state index contributed by atoms with van der Waals surface area (Å²) in [6.07, 6.45) is 5.30. The Kier molecular flexibility index (Phi) is 5.59. The molecule has 0 bridgehead atoms. The largest absolute Gasteiger partial charge is 0.297 e. The van der Waals surface area contributed by atoms with E-state index in [1.54, 1.807) is 0 Å². The summed E-state index contributed by atoms with van der Waals surface area (Å²) in [5.41, 5.74) is 6.26. The molecule has 1 aliphatic heterocycles. The second-order valence-corrected chi connectivity index (χ2v) is 7.60. The highest BCUT2D eigenvalue weighted by Crippen LogP contribution is 2.28. The standard InChI is InChI=1S/C24H27N3/c1-19-14-21(15-20-8-3-2-4-9-20)16-24(26-19)22-10-7-13-27(17-22)18-23-11-5-6-12-25-23/h2-6,8-9,11-12,14,16,22H,7,10,13,15,17-18H2,1H3/t22-/m0/s1. The molecule has 138 valence electrons. The number of nitrogens with zero attached hydrogens (tertiary/aromatic N) is 3. The molecule has 4 rings (SSSR count). The lowest BCUT2D eigenvalue weighted by atomic mass is 9.92. The van der Waals surface area contributed by atoms with Crippen molar-refractivity contribution in [3.05, 3.63) is 95.1 Å². The molecule has 27 heavy (non-hydrogen) atoms. The van der Waals surface area contributed by atoms with E-state index in [9.17, 15) is 0 Å². The van der Waals surface area contributed by atoms with Crippen LogP contribution in [0, 0.1) is 6.92 Å². The summed E-state index contributed by atoms with van der Waals surface area (Å²) in [5, 5.41) is 0. The lowest BCUT2D eigenvalue weighted by molar-refractivity contribution is 0.196. The Morgan fingerprint density at radius 3 is 2.67 bits per heavy atom. The van der Waals surface area contributed by atoms with Crippen LogP contribution in [0.25, 0.3) is 0 Å². The van der Waals surface area contributed by atoms with E-state index in [4.69, 9.17) is 4.98 Å². The average Bonchev–Trinajstić information content (AvgIpc) is 2.69. The fraction of sp³-hybridized carbons (Fsp3) is 0.333. The molecular weight excluding hydrogens is 330 g/mol. The Balaban J connectivity index is 1.48. The van der Waals surface area contributed by atoms with Crippen LogP contribution in [0.1, 0.15) is 47.0 Å². The molecular formula is C24H27N3. The minimum atomic E-state index is 0.511. The van der Waals surface area contributed by atoms with Crippen LogP contribution in [0.5, 0.6) is 0 Å². The highest BCUT2D eigenvalue weighted by atomic mass is 15.1. The maximum absolute atomic E-state index is 4.90. The van der Waals surface area contributed by atoms with Crippen molar-refractivity contribution in [3.63, 3.8) is 0 Å². The SMILES string of the molecule is Cc1cc(Cc2ccccc2)cc([C@H]2CCCN(Cc3ccccn3)C2)n1. The molecule has 0 amide bonds. The topological polar surface area (TPSA) is 29.0 Å². The molecule has 0 spiro atoms. The van der Waals surface area contributed by atoms with E-state index in [0.717, 1.165) is 37.4 Å². The van der Waals surface area contributed by atoms with Gasteiger partial charge in [-0.15, -0.1) is 0 Å². The lowest BCUT2D eigenvalue weighted by Gasteiger charge is -2.32. The third-order valence-electron chi connectivity index (χ3n) is 5.32. The molecule has 3 heteroatoms. The smallest absolute Gasteiger partial charge is 0.0543 e. The number of aromatic nitrogens is 2. The van der Waals surface area contributed by atoms with Crippen molar-refractivity contribution in [2.24, 2.45) is 0 Å². The molecule has 3 aromatic rings. The Morgan fingerprint density at radius 2 is 1.85 bits per heavy atom.